The fourth-order valence-corrected chi connectivity index (χ4v) is 0.790. The Labute approximate surface area is 61.4 Å². The smallest absolute Gasteiger partial charge is 0.107 e. The second-order valence-electron chi connectivity index (χ2n) is 2.39. The van der Waals surface area contributed by atoms with E-state index in [4.69, 9.17) is 4.42 Å². The number of furan rings is 1. The third-order valence-corrected chi connectivity index (χ3v) is 1.53. The van der Waals surface area contributed by atoms with Crippen LogP contribution >= 0.6 is 0 Å². The molecule has 1 aromatic rings. The predicted molar refractivity (Wildman–Crippen MR) is 41.8 cm³/mol. The van der Waals surface area contributed by atoms with Crippen molar-refractivity contribution in [1.82, 2.24) is 0 Å². The molecule has 0 N–H and O–H groups in total. The first-order chi connectivity index (χ1) is 4.83. The van der Waals surface area contributed by atoms with E-state index >= 15 is 0 Å². The minimum atomic E-state index is 0.934. The van der Waals surface area contributed by atoms with Gasteiger partial charge in [0.05, 0.1) is 6.26 Å². The molecule has 1 nitrogen and oxygen atoms in total. The molecule has 0 aromatic carbocycles. The highest BCUT2D eigenvalue weighted by Gasteiger charge is 1.94. The summed E-state index contributed by atoms with van der Waals surface area (Å²) in [6.07, 6.45) is 4.74. The molecule has 0 saturated heterocycles. The zero-order valence-electron chi connectivity index (χ0n) is 6.42. The van der Waals surface area contributed by atoms with Crippen LogP contribution in [0.1, 0.15) is 19.6 Å². The van der Waals surface area contributed by atoms with E-state index in [1.807, 2.05) is 19.1 Å². The summed E-state index contributed by atoms with van der Waals surface area (Å²) in [5, 5.41) is 0. The highest BCUT2D eigenvalue weighted by atomic mass is 16.3. The van der Waals surface area contributed by atoms with Crippen LogP contribution < -0.4 is 0 Å². The fourth-order valence-electron chi connectivity index (χ4n) is 0.790. The van der Waals surface area contributed by atoms with E-state index in [2.05, 4.69) is 13.0 Å². The molecule has 0 unspecified atom stereocenters. The lowest BCUT2D eigenvalue weighted by molar-refractivity contribution is 0.519. The lowest BCUT2D eigenvalue weighted by Gasteiger charge is -1.93. The molecule has 0 saturated carbocycles. The van der Waals surface area contributed by atoms with Gasteiger partial charge in [-0.25, -0.2) is 0 Å². The molecule has 54 valence electrons. The average molecular weight is 136 g/mol. The first-order valence-corrected chi connectivity index (χ1v) is 3.47. The van der Waals surface area contributed by atoms with Gasteiger partial charge in [0, 0.05) is 6.42 Å². The Bertz CT molecular complexity index is 207. The van der Waals surface area contributed by atoms with E-state index in [1.165, 1.54) is 5.57 Å². The van der Waals surface area contributed by atoms with Gasteiger partial charge in [-0.15, -0.1) is 0 Å². The summed E-state index contributed by atoms with van der Waals surface area (Å²) < 4.78 is 5.17. The van der Waals surface area contributed by atoms with Gasteiger partial charge in [-0.2, -0.15) is 0 Å². The van der Waals surface area contributed by atoms with Crippen LogP contribution in [-0.2, 0) is 6.42 Å². The molecule has 0 spiro atoms. The fraction of sp³-hybridized carbons (Fsp3) is 0.333. The molecule has 10 heavy (non-hydrogen) atoms. The topological polar surface area (TPSA) is 13.1 Å². The Balaban J connectivity index is 2.56. The average Bonchev–Trinajstić information content (AvgIpc) is 2.40. The van der Waals surface area contributed by atoms with Crippen LogP contribution in [0.5, 0.6) is 0 Å². The molecule has 0 aliphatic heterocycles. The molecule has 1 rings (SSSR count). The van der Waals surface area contributed by atoms with Crippen molar-refractivity contribution in [3.63, 3.8) is 0 Å². The van der Waals surface area contributed by atoms with Crippen molar-refractivity contribution >= 4 is 0 Å². The molecular formula is C9H12O. The third-order valence-electron chi connectivity index (χ3n) is 1.53. The highest BCUT2D eigenvalue weighted by molar-refractivity contribution is 5.09. The molecule has 1 aromatic heterocycles. The number of hydrogen-bond donors (Lipinski definition) is 0. The van der Waals surface area contributed by atoms with E-state index in [0.717, 1.165) is 12.2 Å². The lowest BCUT2D eigenvalue weighted by atomic mass is 10.2. The molecule has 0 radical (unpaired) electrons. The standard InChI is InChI=1S/C9H12O/c1-3-8(2)7-9-5-4-6-10-9/h3-6H,7H2,1-2H3/b8-3+. The maximum atomic E-state index is 5.17. The van der Waals surface area contributed by atoms with Gasteiger partial charge >= 0.3 is 0 Å². The maximum Gasteiger partial charge on any atom is 0.107 e. The van der Waals surface area contributed by atoms with E-state index in [9.17, 15) is 0 Å². The van der Waals surface area contributed by atoms with Gasteiger partial charge in [0.2, 0.25) is 0 Å². The van der Waals surface area contributed by atoms with E-state index < -0.39 is 0 Å². The van der Waals surface area contributed by atoms with Crippen LogP contribution in [0, 0.1) is 0 Å². The summed E-state index contributed by atoms with van der Waals surface area (Å²) >= 11 is 0. The van der Waals surface area contributed by atoms with Gasteiger partial charge in [-0.1, -0.05) is 11.6 Å². The Morgan fingerprint density at radius 3 is 3.00 bits per heavy atom. The summed E-state index contributed by atoms with van der Waals surface area (Å²) in [5.41, 5.74) is 1.34. The van der Waals surface area contributed by atoms with Crippen LogP contribution in [-0.4, -0.2) is 0 Å². The second-order valence-corrected chi connectivity index (χ2v) is 2.39. The summed E-state index contributed by atoms with van der Waals surface area (Å²) in [6, 6.07) is 3.91. The summed E-state index contributed by atoms with van der Waals surface area (Å²) in [7, 11) is 0. The molecule has 0 fully saturated rings. The Kier molecular flexibility index (Phi) is 2.32. The Hall–Kier alpha value is -0.980. The van der Waals surface area contributed by atoms with Crippen molar-refractivity contribution in [3.8, 4) is 0 Å². The second kappa shape index (κ2) is 3.25. The van der Waals surface area contributed by atoms with Crippen LogP contribution in [0.2, 0.25) is 0 Å². The van der Waals surface area contributed by atoms with Crippen molar-refractivity contribution in [2.45, 2.75) is 20.3 Å². The predicted octanol–water partition coefficient (Wildman–Crippen LogP) is 2.79. The Morgan fingerprint density at radius 2 is 2.50 bits per heavy atom. The van der Waals surface area contributed by atoms with Crippen molar-refractivity contribution in [1.29, 1.82) is 0 Å². The molecule has 1 heteroatoms. The maximum absolute atomic E-state index is 5.17. The van der Waals surface area contributed by atoms with Crippen LogP contribution in [0.4, 0.5) is 0 Å². The van der Waals surface area contributed by atoms with Gasteiger partial charge in [0.15, 0.2) is 0 Å². The van der Waals surface area contributed by atoms with Gasteiger partial charge in [0.25, 0.3) is 0 Å². The van der Waals surface area contributed by atoms with E-state index in [0.29, 0.717) is 0 Å². The zero-order chi connectivity index (χ0) is 7.40. The minimum Gasteiger partial charge on any atom is -0.469 e. The highest BCUT2D eigenvalue weighted by Crippen LogP contribution is 2.06. The number of rotatable bonds is 2. The van der Waals surface area contributed by atoms with Crippen LogP contribution in [0.15, 0.2) is 34.5 Å². The molecule has 0 aliphatic rings. The lowest BCUT2D eigenvalue weighted by Crippen LogP contribution is -1.81. The summed E-state index contributed by atoms with van der Waals surface area (Å²) in [6.45, 7) is 4.14. The van der Waals surface area contributed by atoms with Crippen molar-refractivity contribution in [3.05, 3.63) is 35.8 Å². The van der Waals surface area contributed by atoms with Crippen molar-refractivity contribution < 1.29 is 4.42 Å². The largest absolute Gasteiger partial charge is 0.469 e. The van der Waals surface area contributed by atoms with Gasteiger partial charge in [-0.05, 0) is 26.0 Å². The normalized spacial score (nSPS) is 12.0. The van der Waals surface area contributed by atoms with Gasteiger partial charge in [-0.3, -0.25) is 0 Å². The SMILES string of the molecule is C/C=C(\C)Cc1ccco1. The molecular weight excluding hydrogens is 124 g/mol. The van der Waals surface area contributed by atoms with E-state index in [1.54, 1.807) is 6.26 Å². The first kappa shape index (κ1) is 7.13. The monoisotopic (exact) mass is 136 g/mol. The van der Waals surface area contributed by atoms with Crippen molar-refractivity contribution in [2.24, 2.45) is 0 Å². The molecule has 0 bridgehead atoms. The van der Waals surface area contributed by atoms with Gasteiger partial charge in [0.1, 0.15) is 5.76 Å². The minimum absolute atomic E-state index is 0.934. The number of hydrogen-bond acceptors (Lipinski definition) is 1. The first-order valence-electron chi connectivity index (χ1n) is 3.47. The molecule has 1 heterocycles. The van der Waals surface area contributed by atoms with Crippen LogP contribution in [0.25, 0.3) is 0 Å². The third kappa shape index (κ3) is 1.76. The van der Waals surface area contributed by atoms with Crippen LogP contribution in [0.3, 0.4) is 0 Å². The number of allylic oxidation sites excluding steroid dienone is 2. The Morgan fingerprint density at radius 1 is 1.70 bits per heavy atom. The van der Waals surface area contributed by atoms with E-state index in [-0.39, 0.29) is 0 Å². The molecule has 0 atom stereocenters. The molecule has 0 amide bonds. The van der Waals surface area contributed by atoms with Gasteiger partial charge < -0.3 is 4.42 Å². The van der Waals surface area contributed by atoms with Crippen molar-refractivity contribution in [2.75, 3.05) is 0 Å². The summed E-state index contributed by atoms with van der Waals surface area (Å²) in [5.74, 6) is 1.04. The molecule has 0 aliphatic carbocycles. The quantitative estimate of drug-likeness (QED) is 0.570. The summed E-state index contributed by atoms with van der Waals surface area (Å²) in [4.78, 5) is 0. The zero-order valence-corrected chi connectivity index (χ0v) is 6.42.